The Morgan fingerprint density at radius 1 is 1.37 bits per heavy atom. The van der Waals surface area contributed by atoms with Crippen LogP contribution in [0.3, 0.4) is 0 Å². The number of hydrogen-bond acceptors (Lipinski definition) is 4. The second-order valence-electron chi connectivity index (χ2n) is 5.21. The van der Waals surface area contributed by atoms with E-state index in [4.69, 9.17) is 0 Å². The predicted molar refractivity (Wildman–Crippen MR) is 74.9 cm³/mol. The average Bonchev–Trinajstić information content (AvgIpc) is 2.46. The van der Waals surface area contributed by atoms with Gasteiger partial charge in [0, 0.05) is 24.7 Å². The van der Waals surface area contributed by atoms with E-state index in [1.54, 1.807) is 12.4 Å². The summed E-state index contributed by atoms with van der Waals surface area (Å²) in [6, 6.07) is 6.08. The van der Waals surface area contributed by atoms with E-state index < -0.39 is 0 Å². The topological polar surface area (TPSA) is 52.8 Å². The Morgan fingerprint density at radius 3 is 2.89 bits per heavy atom. The molecule has 4 nitrogen and oxygen atoms in total. The Kier molecular flexibility index (Phi) is 3.04. The summed E-state index contributed by atoms with van der Waals surface area (Å²) in [5.74, 6) is 1.58. The molecular formula is C15H16N4. The average molecular weight is 252 g/mol. The molecule has 0 aromatic carbocycles. The second kappa shape index (κ2) is 4.85. The summed E-state index contributed by atoms with van der Waals surface area (Å²) in [4.78, 5) is 11.0. The molecular weight excluding hydrogens is 236 g/mol. The van der Waals surface area contributed by atoms with Gasteiger partial charge in [-0.05, 0) is 30.9 Å². The molecule has 0 saturated carbocycles. The monoisotopic (exact) mass is 252 g/mol. The third-order valence-corrected chi connectivity index (χ3v) is 3.80. The van der Waals surface area contributed by atoms with E-state index in [1.807, 2.05) is 12.1 Å². The van der Waals surface area contributed by atoms with Crippen molar-refractivity contribution in [2.45, 2.75) is 19.8 Å². The Balaban J connectivity index is 2.04. The molecule has 1 saturated heterocycles. The lowest BCUT2D eigenvalue weighted by molar-refractivity contribution is 0.436. The molecule has 0 radical (unpaired) electrons. The minimum atomic E-state index is 0.660. The van der Waals surface area contributed by atoms with Crippen molar-refractivity contribution in [1.29, 1.82) is 5.26 Å². The van der Waals surface area contributed by atoms with Crippen LogP contribution in [-0.2, 0) is 0 Å². The van der Waals surface area contributed by atoms with Gasteiger partial charge in [0.15, 0.2) is 0 Å². The van der Waals surface area contributed by atoms with Crippen LogP contribution in [0.1, 0.15) is 25.3 Å². The molecule has 0 spiro atoms. The first-order valence-electron chi connectivity index (χ1n) is 6.68. The fourth-order valence-electron chi connectivity index (χ4n) is 2.55. The highest BCUT2D eigenvalue weighted by Gasteiger charge is 2.20. The van der Waals surface area contributed by atoms with E-state index in [1.165, 1.54) is 0 Å². The number of hydrogen-bond donors (Lipinski definition) is 0. The first kappa shape index (κ1) is 11.9. The van der Waals surface area contributed by atoms with Crippen LogP contribution in [0.2, 0.25) is 0 Å². The molecule has 0 aliphatic carbocycles. The quantitative estimate of drug-likeness (QED) is 0.783. The summed E-state index contributed by atoms with van der Waals surface area (Å²) >= 11 is 0. The van der Waals surface area contributed by atoms with Crippen LogP contribution >= 0.6 is 0 Å². The number of aromatic nitrogens is 2. The van der Waals surface area contributed by atoms with Crippen molar-refractivity contribution < 1.29 is 0 Å². The normalized spacial score (nSPS) is 16.5. The smallest absolute Gasteiger partial charge is 0.147 e. The Hall–Kier alpha value is -2.15. The zero-order chi connectivity index (χ0) is 13.2. The van der Waals surface area contributed by atoms with Crippen molar-refractivity contribution in [3.63, 3.8) is 0 Å². The van der Waals surface area contributed by atoms with Gasteiger partial charge in [0.25, 0.3) is 0 Å². The Bertz CT molecular complexity index is 636. The molecule has 96 valence electrons. The van der Waals surface area contributed by atoms with Crippen LogP contribution in [0.4, 0.5) is 5.82 Å². The molecule has 2 aromatic rings. The summed E-state index contributed by atoms with van der Waals surface area (Å²) in [7, 11) is 0. The van der Waals surface area contributed by atoms with Crippen LogP contribution in [-0.4, -0.2) is 23.1 Å². The van der Waals surface area contributed by atoms with Crippen molar-refractivity contribution in [3.05, 3.63) is 30.1 Å². The molecule has 1 aliphatic heterocycles. The van der Waals surface area contributed by atoms with Gasteiger partial charge in [0.05, 0.1) is 17.3 Å². The molecule has 19 heavy (non-hydrogen) atoms. The van der Waals surface area contributed by atoms with Crippen molar-refractivity contribution in [1.82, 2.24) is 9.97 Å². The van der Waals surface area contributed by atoms with Gasteiger partial charge in [-0.2, -0.15) is 5.26 Å². The van der Waals surface area contributed by atoms with E-state index in [0.29, 0.717) is 5.56 Å². The van der Waals surface area contributed by atoms with Gasteiger partial charge >= 0.3 is 0 Å². The van der Waals surface area contributed by atoms with Gasteiger partial charge in [-0.25, -0.2) is 4.98 Å². The fourth-order valence-corrected chi connectivity index (χ4v) is 2.55. The van der Waals surface area contributed by atoms with Gasteiger partial charge in [0.1, 0.15) is 11.9 Å². The van der Waals surface area contributed by atoms with Crippen LogP contribution in [0.15, 0.2) is 24.5 Å². The van der Waals surface area contributed by atoms with Gasteiger partial charge in [0.2, 0.25) is 0 Å². The molecule has 0 amide bonds. The predicted octanol–water partition coefficient (Wildman–Crippen LogP) is 2.74. The van der Waals surface area contributed by atoms with E-state index in [9.17, 15) is 5.26 Å². The summed E-state index contributed by atoms with van der Waals surface area (Å²) in [6.45, 7) is 4.24. The molecule has 0 bridgehead atoms. The number of fused-ring (bicyclic) bond motifs is 1. The maximum Gasteiger partial charge on any atom is 0.147 e. The minimum absolute atomic E-state index is 0.660. The lowest BCUT2D eigenvalue weighted by atomic mass is 9.99. The van der Waals surface area contributed by atoms with Gasteiger partial charge < -0.3 is 4.90 Å². The summed E-state index contributed by atoms with van der Waals surface area (Å²) in [5, 5.41) is 10.3. The van der Waals surface area contributed by atoms with E-state index in [2.05, 4.69) is 27.9 Å². The lowest BCUT2D eigenvalue weighted by Crippen LogP contribution is -2.34. The molecule has 1 aliphatic rings. The van der Waals surface area contributed by atoms with E-state index >= 15 is 0 Å². The number of rotatable bonds is 1. The molecule has 1 fully saturated rings. The van der Waals surface area contributed by atoms with E-state index in [-0.39, 0.29) is 0 Å². The minimum Gasteiger partial charge on any atom is -0.355 e. The summed E-state index contributed by atoms with van der Waals surface area (Å²) < 4.78 is 0. The Morgan fingerprint density at radius 2 is 2.16 bits per heavy atom. The number of nitrogens with zero attached hydrogens (tertiary/aromatic N) is 4. The zero-order valence-corrected chi connectivity index (χ0v) is 11.0. The van der Waals surface area contributed by atoms with Crippen molar-refractivity contribution in [2.24, 2.45) is 5.92 Å². The molecule has 0 N–H and O–H groups in total. The fraction of sp³-hybridized carbons (Fsp3) is 0.400. The van der Waals surface area contributed by atoms with Crippen LogP contribution in [0.5, 0.6) is 0 Å². The standard InChI is InChI=1S/C15H16N4/c1-11-3-6-19(7-4-11)15-13(9-16)8-12-2-5-17-10-14(12)18-15/h2,5,8,10-11H,3-4,6-7H2,1H3. The molecule has 3 heterocycles. The van der Waals surface area contributed by atoms with Gasteiger partial charge in [-0.15, -0.1) is 0 Å². The number of nitriles is 1. The Labute approximate surface area is 112 Å². The highest BCUT2D eigenvalue weighted by molar-refractivity contribution is 5.82. The van der Waals surface area contributed by atoms with Gasteiger partial charge in [-0.1, -0.05) is 6.92 Å². The largest absolute Gasteiger partial charge is 0.355 e. The van der Waals surface area contributed by atoms with Crippen LogP contribution in [0.25, 0.3) is 10.9 Å². The number of pyridine rings is 2. The summed E-state index contributed by atoms with van der Waals surface area (Å²) in [6.07, 6.45) is 5.81. The highest BCUT2D eigenvalue weighted by atomic mass is 15.2. The molecule has 0 unspecified atom stereocenters. The van der Waals surface area contributed by atoms with Crippen molar-refractivity contribution in [2.75, 3.05) is 18.0 Å². The highest BCUT2D eigenvalue weighted by Crippen LogP contribution is 2.26. The van der Waals surface area contributed by atoms with E-state index in [0.717, 1.165) is 48.6 Å². The third kappa shape index (κ3) is 2.24. The number of anilines is 1. The summed E-state index contributed by atoms with van der Waals surface area (Å²) in [5.41, 5.74) is 1.52. The lowest BCUT2D eigenvalue weighted by Gasteiger charge is -2.31. The SMILES string of the molecule is CC1CCN(c2nc3cnccc3cc2C#N)CC1. The molecule has 2 aromatic heterocycles. The second-order valence-corrected chi connectivity index (χ2v) is 5.21. The van der Waals surface area contributed by atoms with Crippen LogP contribution < -0.4 is 4.90 Å². The molecule has 4 heteroatoms. The maximum absolute atomic E-state index is 9.33. The maximum atomic E-state index is 9.33. The van der Waals surface area contributed by atoms with Crippen molar-refractivity contribution in [3.8, 4) is 6.07 Å². The van der Waals surface area contributed by atoms with Crippen LogP contribution in [0, 0.1) is 17.2 Å². The molecule has 3 rings (SSSR count). The van der Waals surface area contributed by atoms with Gasteiger partial charge in [-0.3, -0.25) is 4.98 Å². The zero-order valence-electron chi connectivity index (χ0n) is 11.0. The first-order valence-corrected chi connectivity index (χ1v) is 6.68. The first-order chi connectivity index (χ1) is 9.28. The van der Waals surface area contributed by atoms with Crippen molar-refractivity contribution >= 4 is 16.7 Å². The molecule has 0 atom stereocenters. The number of piperidine rings is 1. The third-order valence-electron chi connectivity index (χ3n) is 3.80.